The highest BCUT2D eigenvalue weighted by Crippen LogP contribution is 2.30. The number of carbonyl (C=O) groups is 3. The highest BCUT2D eigenvalue weighted by molar-refractivity contribution is 7.13. The second-order valence-corrected chi connectivity index (χ2v) is 18.9. The molecule has 3 atom stereocenters. The molecule has 0 bridgehead atoms. The minimum absolute atomic E-state index is 0.00460. The largest absolute Gasteiger partial charge is 0.490 e. The second kappa shape index (κ2) is 23.1. The summed E-state index contributed by atoms with van der Waals surface area (Å²) >= 11 is 7.84. The average molecular weight is 950 g/mol. The Balaban J connectivity index is 0.872. The molecule has 5 N–H and O–H groups in total. The van der Waals surface area contributed by atoms with Gasteiger partial charge in [-0.2, -0.15) is 10.1 Å². The number of likely N-dealkylation sites (tertiary alicyclic amines) is 1. The molecule has 6 rings (SSSR count). The van der Waals surface area contributed by atoms with Crippen molar-refractivity contribution in [2.75, 3.05) is 23.8 Å². The van der Waals surface area contributed by atoms with Crippen LogP contribution in [0, 0.1) is 24.0 Å². The van der Waals surface area contributed by atoms with Crippen LogP contribution in [0.3, 0.4) is 0 Å². The first-order chi connectivity index (χ1) is 31.5. The summed E-state index contributed by atoms with van der Waals surface area (Å²) in [7, 11) is 1.78. The third-order valence-electron chi connectivity index (χ3n) is 11.2. The molecule has 5 aromatic rings. The van der Waals surface area contributed by atoms with Crippen LogP contribution in [0.4, 0.5) is 26.2 Å². The Kier molecular flexibility index (Phi) is 17.4. The van der Waals surface area contributed by atoms with Crippen LogP contribution in [-0.4, -0.2) is 83.8 Å². The fourth-order valence-corrected chi connectivity index (χ4v) is 8.63. The van der Waals surface area contributed by atoms with Crippen molar-refractivity contribution < 1.29 is 33.0 Å². The van der Waals surface area contributed by atoms with Gasteiger partial charge in [0.15, 0.2) is 17.4 Å². The summed E-state index contributed by atoms with van der Waals surface area (Å²) in [4.78, 5) is 55.9. The Morgan fingerprint density at radius 3 is 2.41 bits per heavy atom. The van der Waals surface area contributed by atoms with Crippen molar-refractivity contribution in [3.8, 4) is 16.2 Å². The van der Waals surface area contributed by atoms with Crippen molar-refractivity contribution in [2.45, 2.75) is 117 Å². The molecule has 0 spiro atoms. The van der Waals surface area contributed by atoms with E-state index in [2.05, 4.69) is 41.3 Å². The van der Waals surface area contributed by atoms with Gasteiger partial charge in [0.05, 0.1) is 46.9 Å². The lowest BCUT2D eigenvalue weighted by Crippen LogP contribution is -2.57. The summed E-state index contributed by atoms with van der Waals surface area (Å²) in [5.41, 5.74) is 4.78. The number of aliphatic hydroxyl groups is 1. The van der Waals surface area contributed by atoms with Gasteiger partial charge in [0.1, 0.15) is 22.9 Å². The molecule has 1 aliphatic heterocycles. The van der Waals surface area contributed by atoms with E-state index in [1.807, 2.05) is 57.5 Å². The van der Waals surface area contributed by atoms with Gasteiger partial charge in [0.25, 0.3) is 0 Å². The number of anilines is 3. The van der Waals surface area contributed by atoms with Crippen molar-refractivity contribution in [3.05, 3.63) is 94.0 Å². The summed E-state index contributed by atoms with van der Waals surface area (Å²) in [6, 6.07) is 8.24. The second-order valence-electron chi connectivity index (χ2n) is 17.7. The molecule has 15 nitrogen and oxygen atoms in total. The third kappa shape index (κ3) is 13.9. The van der Waals surface area contributed by atoms with Crippen molar-refractivity contribution in [2.24, 2.45) is 12.5 Å². The zero-order chi connectivity index (χ0) is 47.4. The number of aromatic nitrogens is 5. The first-order valence-corrected chi connectivity index (χ1v) is 23.5. The number of halogens is 3. The number of ether oxygens (including phenoxy) is 1. The zero-order valence-electron chi connectivity index (χ0n) is 38.0. The molecule has 4 heterocycles. The predicted molar refractivity (Wildman–Crippen MR) is 251 cm³/mol. The lowest BCUT2D eigenvalue weighted by Gasteiger charge is -2.35. The third-order valence-corrected chi connectivity index (χ3v) is 12.5. The van der Waals surface area contributed by atoms with Gasteiger partial charge in [-0.1, -0.05) is 88.7 Å². The van der Waals surface area contributed by atoms with Crippen molar-refractivity contribution in [3.63, 3.8) is 0 Å². The number of nitrogens with zero attached hydrogens (tertiary/aromatic N) is 6. The average Bonchev–Trinajstić information content (AvgIpc) is 4.02. The molecular weight excluding hydrogens is 890 g/mol. The normalized spacial score (nSPS) is 15.4. The quantitative estimate of drug-likeness (QED) is 0.0421. The molecule has 0 aliphatic carbocycles. The zero-order valence-corrected chi connectivity index (χ0v) is 39.6. The molecule has 1 aliphatic rings. The Morgan fingerprint density at radius 2 is 1.73 bits per heavy atom. The van der Waals surface area contributed by atoms with Crippen LogP contribution in [0.5, 0.6) is 5.75 Å². The summed E-state index contributed by atoms with van der Waals surface area (Å²) < 4.78 is 37.1. The lowest BCUT2D eigenvalue weighted by atomic mass is 9.85. The number of rotatable bonds is 22. The van der Waals surface area contributed by atoms with Crippen molar-refractivity contribution in [1.82, 2.24) is 40.3 Å². The summed E-state index contributed by atoms with van der Waals surface area (Å²) in [6.07, 6.45) is 9.92. The van der Waals surface area contributed by atoms with Crippen LogP contribution in [0.2, 0.25) is 5.02 Å². The highest BCUT2D eigenvalue weighted by atomic mass is 35.5. The number of unbranched alkanes of at least 4 members (excludes halogenated alkanes) is 6. The number of β-amino-alcohol motifs (C(OH)–C–C–N with tert-alkyl or cyclic N) is 1. The SMILES string of the molecule is Cc1ncsc1-c1ccc(CNC(=O)C2CC(O)CN2C(=O)C(NC(=O)CCCCCCCCCOc2cc(F)cc(CNc3nc(Nc4cnn(C)c4)ncc3Cl)c2F)C(C)(C)C)cc1. The lowest BCUT2D eigenvalue weighted by molar-refractivity contribution is -0.144. The molecule has 1 fully saturated rings. The summed E-state index contributed by atoms with van der Waals surface area (Å²) in [6.45, 7) is 7.94. The Morgan fingerprint density at radius 1 is 1.00 bits per heavy atom. The Hall–Kier alpha value is -5.72. The van der Waals surface area contributed by atoms with Gasteiger partial charge in [-0.25, -0.2) is 18.7 Å². The minimum Gasteiger partial charge on any atom is -0.490 e. The first kappa shape index (κ1) is 49.7. The van der Waals surface area contributed by atoms with Gasteiger partial charge in [-0.05, 0) is 42.4 Å². The molecular formula is C47H59ClF2N10O5S. The van der Waals surface area contributed by atoms with E-state index >= 15 is 4.39 Å². The molecule has 3 unspecified atom stereocenters. The van der Waals surface area contributed by atoms with E-state index in [1.54, 1.807) is 35.5 Å². The van der Waals surface area contributed by atoms with E-state index in [1.165, 1.54) is 11.1 Å². The summed E-state index contributed by atoms with van der Waals surface area (Å²) in [5, 5.41) is 26.7. The fraction of sp³-hybridized carbons (Fsp3) is 0.468. The van der Waals surface area contributed by atoms with E-state index < -0.39 is 41.1 Å². The molecule has 19 heteroatoms. The number of hydrogen-bond donors (Lipinski definition) is 5. The molecule has 0 radical (unpaired) electrons. The van der Waals surface area contributed by atoms with Gasteiger partial charge in [0, 0.05) is 57.4 Å². The Labute approximate surface area is 393 Å². The molecule has 66 heavy (non-hydrogen) atoms. The number of aliphatic hydroxyl groups excluding tert-OH is 1. The topological polar surface area (TPSA) is 189 Å². The first-order valence-electron chi connectivity index (χ1n) is 22.2. The van der Waals surface area contributed by atoms with Crippen LogP contribution in [0.15, 0.2) is 60.5 Å². The monoisotopic (exact) mass is 948 g/mol. The highest BCUT2D eigenvalue weighted by Gasteiger charge is 2.44. The Bertz CT molecular complexity index is 2430. The molecule has 354 valence electrons. The van der Waals surface area contributed by atoms with Gasteiger partial charge >= 0.3 is 0 Å². The van der Waals surface area contributed by atoms with Crippen LogP contribution in [0.25, 0.3) is 10.4 Å². The number of hydrogen-bond acceptors (Lipinski definition) is 12. The van der Waals surface area contributed by atoms with E-state index in [-0.39, 0.29) is 79.0 Å². The number of benzene rings is 2. The van der Waals surface area contributed by atoms with E-state index in [4.69, 9.17) is 16.3 Å². The molecule has 3 amide bonds. The van der Waals surface area contributed by atoms with E-state index in [0.717, 1.165) is 65.9 Å². The van der Waals surface area contributed by atoms with Crippen LogP contribution >= 0.6 is 22.9 Å². The predicted octanol–water partition coefficient (Wildman–Crippen LogP) is 8.24. The maximum Gasteiger partial charge on any atom is 0.246 e. The number of amides is 3. The maximum absolute atomic E-state index is 15.4. The molecule has 3 aromatic heterocycles. The minimum atomic E-state index is -0.891. The molecule has 0 saturated carbocycles. The van der Waals surface area contributed by atoms with Gasteiger partial charge in [-0.15, -0.1) is 11.3 Å². The standard InChI is InChI=1S/C47H59ClF2N10O5S/c1-29-41(66-28-54-29)31-16-14-30(15-17-31)22-52-44(63)37-21-35(61)27-60(37)45(64)42(47(2,3)4)57-39(62)13-11-9-7-6-8-10-12-18-65-38-20-33(49)19-32(40(38)50)23-51-43-36(48)25-53-46(58-43)56-34-24-55-59(5)26-34/h14-17,19-20,24-26,28,35,37,42,61H,6-13,18,21-23,27H2,1-5H3,(H,52,63)(H,57,62)(H2,51,53,56,58). The number of carbonyl (C=O) groups excluding carboxylic acids is 3. The number of thiazole rings is 1. The van der Waals surface area contributed by atoms with Crippen LogP contribution in [-0.2, 0) is 34.5 Å². The maximum atomic E-state index is 15.4. The van der Waals surface area contributed by atoms with Crippen LogP contribution in [0.1, 0.15) is 95.4 Å². The number of nitrogens with one attached hydrogen (secondary N) is 4. The van der Waals surface area contributed by atoms with E-state index in [9.17, 15) is 23.9 Å². The van der Waals surface area contributed by atoms with Gasteiger partial charge in [-0.3, -0.25) is 19.1 Å². The van der Waals surface area contributed by atoms with Gasteiger partial charge < -0.3 is 36.0 Å². The van der Waals surface area contributed by atoms with Crippen LogP contribution < -0.4 is 26.0 Å². The number of aryl methyl sites for hydroxylation is 2. The fourth-order valence-electron chi connectivity index (χ4n) is 7.66. The van der Waals surface area contributed by atoms with Crippen molar-refractivity contribution in [1.29, 1.82) is 0 Å². The summed E-state index contributed by atoms with van der Waals surface area (Å²) in [5.74, 6) is -2.00. The smallest absolute Gasteiger partial charge is 0.246 e. The molecule has 2 aromatic carbocycles. The van der Waals surface area contributed by atoms with Gasteiger partial charge in [0.2, 0.25) is 23.7 Å². The van der Waals surface area contributed by atoms with Crippen molar-refractivity contribution >= 4 is 58.1 Å². The van der Waals surface area contributed by atoms with E-state index in [0.29, 0.717) is 18.5 Å². The molecule has 1 saturated heterocycles.